The van der Waals surface area contributed by atoms with Gasteiger partial charge in [-0.2, -0.15) is 13.1 Å². The number of hydrogen-bond donors (Lipinski definition) is 3. The second kappa shape index (κ2) is 6.19. The van der Waals surface area contributed by atoms with E-state index in [1.807, 2.05) is 20.8 Å². The van der Waals surface area contributed by atoms with Crippen molar-refractivity contribution in [3.8, 4) is 0 Å². The van der Waals surface area contributed by atoms with E-state index in [4.69, 9.17) is 0 Å². The Kier molecular flexibility index (Phi) is 5.34. The number of carboxylic acids is 1. The van der Waals surface area contributed by atoms with Gasteiger partial charge in [0, 0.05) is 6.54 Å². The van der Waals surface area contributed by atoms with Crippen LogP contribution in [0.3, 0.4) is 0 Å². The average molecular weight is 292 g/mol. The van der Waals surface area contributed by atoms with Crippen molar-refractivity contribution in [1.29, 1.82) is 0 Å². The van der Waals surface area contributed by atoms with Crippen molar-refractivity contribution in [2.24, 2.45) is 11.8 Å². The van der Waals surface area contributed by atoms with Gasteiger partial charge in [-0.25, -0.2) is 4.72 Å². The van der Waals surface area contributed by atoms with Crippen LogP contribution in [0.4, 0.5) is 0 Å². The first-order valence-electron chi connectivity index (χ1n) is 6.69. The molecule has 3 N–H and O–H groups in total. The van der Waals surface area contributed by atoms with Gasteiger partial charge < -0.3 is 5.11 Å². The summed E-state index contributed by atoms with van der Waals surface area (Å²) in [4.78, 5) is 11.5. The molecule has 1 fully saturated rings. The van der Waals surface area contributed by atoms with Crippen LogP contribution >= 0.6 is 0 Å². The van der Waals surface area contributed by atoms with Gasteiger partial charge in [0.15, 0.2) is 0 Å². The van der Waals surface area contributed by atoms with E-state index in [9.17, 15) is 18.3 Å². The lowest BCUT2D eigenvalue weighted by molar-refractivity contribution is -0.146. The molecule has 6 nitrogen and oxygen atoms in total. The lowest BCUT2D eigenvalue weighted by atomic mass is 9.77. The molecule has 0 aliphatic heterocycles. The van der Waals surface area contributed by atoms with E-state index in [1.165, 1.54) is 0 Å². The minimum absolute atomic E-state index is 0.169. The highest BCUT2D eigenvalue weighted by atomic mass is 32.2. The Hall–Kier alpha value is -0.660. The van der Waals surface area contributed by atoms with Crippen LogP contribution in [0.5, 0.6) is 0 Å². The fourth-order valence-electron chi connectivity index (χ4n) is 2.45. The van der Waals surface area contributed by atoms with Crippen molar-refractivity contribution < 1.29 is 18.3 Å². The third-order valence-electron chi connectivity index (χ3n) is 3.42. The van der Waals surface area contributed by atoms with E-state index in [1.54, 1.807) is 0 Å². The van der Waals surface area contributed by atoms with Gasteiger partial charge in [0.25, 0.3) is 10.2 Å². The molecule has 0 saturated heterocycles. The summed E-state index contributed by atoms with van der Waals surface area (Å²) in [7, 11) is -3.78. The zero-order valence-corrected chi connectivity index (χ0v) is 12.6. The summed E-state index contributed by atoms with van der Waals surface area (Å²) in [6.07, 6.45) is 2.34. The summed E-state index contributed by atoms with van der Waals surface area (Å²) in [6.45, 7) is 6.02. The SMILES string of the molecule is CC(C)CNS(=O)(=O)NC1(C(=O)O)CCCC(C)C1. The van der Waals surface area contributed by atoms with E-state index in [0.717, 1.165) is 12.8 Å². The maximum atomic E-state index is 11.9. The number of carboxylic acid groups (broad SMARTS) is 1. The summed E-state index contributed by atoms with van der Waals surface area (Å²) in [5, 5.41) is 9.39. The first-order valence-corrected chi connectivity index (χ1v) is 8.17. The molecule has 112 valence electrons. The predicted octanol–water partition coefficient (Wildman–Crippen LogP) is 1.10. The molecule has 7 heteroatoms. The molecule has 2 atom stereocenters. The van der Waals surface area contributed by atoms with Gasteiger partial charge in [-0.3, -0.25) is 4.79 Å². The van der Waals surface area contributed by atoms with Crippen molar-refractivity contribution in [2.45, 2.75) is 52.0 Å². The third-order valence-corrected chi connectivity index (χ3v) is 4.62. The largest absolute Gasteiger partial charge is 0.480 e. The first-order chi connectivity index (χ1) is 8.67. The molecule has 1 aliphatic rings. The summed E-state index contributed by atoms with van der Waals surface area (Å²) in [6, 6.07) is 0. The molecular formula is C12H24N2O4S. The van der Waals surface area contributed by atoms with Crippen LogP contribution in [0.15, 0.2) is 0 Å². The lowest BCUT2D eigenvalue weighted by Gasteiger charge is -2.36. The molecule has 0 spiro atoms. The molecule has 1 rings (SSSR count). The Morgan fingerprint density at radius 1 is 1.47 bits per heavy atom. The monoisotopic (exact) mass is 292 g/mol. The van der Waals surface area contributed by atoms with Gasteiger partial charge >= 0.3 is 5.97 Å². The number of aliphatic carboxylic acids is 1. The standard InChI is InChI=1S/C12H24N2O4S/c1-9(2)8-13-19(17,18)14-12(11(15)16)6-4-5-10(3)7-12/h9-10,13-14H,4-8H2,1-3H3,(H,15,16). The van der Waals surface area contributed by atoms with E-state index in [-0.39, 0.29) is 11.8 Å². The summed E-state index contributed by atoms with van der Waals surface area (Å²) in [5.74, 6) is -0.714. The summed E-state index contributed by atoms with van der Waals surface area (Å²) < 4.78 is 28.6. The van der Waals surface area contributed by atoms with E-state index < -0.39 is 21.7 Å². The highest BCUT2D eigenvalue weighted by Gasteiger charge is 2.44. The Balaban J connectivity index is 2.81. The first kappa shape index (κ1) is 16.4. The maximum Gasteiger partial charge on any atom is 0.324 e. The average Bonchev–Trinajstić information content (AvgIpc) is 2.25. The predicted molar refractivity (Wildman–Crippen MR) is 72.9 cm³/mol. The summed E-state index contributed by atoms with van der Waals surface area (Å²) >= 11 is 0. The van der Waals surface area contributed by atoms with Crippen molar-refractivity contribution in [3.05, 3.63) is 0 Å². The Morgan fingerprint density at radius 3 is 2.58 bits per heavy atom. The van der Waals surface area contributed by atoms with E-state index in [2.05, 4.69) is 9.44 Å². The number of rotatable bonds is 6. The second-order valence-electron chi connectivity index (χ2n) is 5.94. The number of hydrogen-bond acceptors (Lipinski definition) is 3. The lowest BCUT2D eigenvalue weighted by Crippen LogP contribution is -2.59. The van der Waals surface area contributed by atoms with Crippen LogP contribution in [-0.2, 0) is 15.0 Å². The van der Waals surface area contributed by atoms with Crippen LogP contribution < -0.4 is 9.44 Å². The Labute approximate surface area is 115 Å². The molecule has 19 heavy (non-hydrogen) atoms. The second-order valence-corrected chi connectivity index (χ2v) is 7.44. The van der Waals surface area contributed by atoms with Gasteiger partial charge in [0.1, 0.15) is 5.54 Å². The molecule has 1 aliphatic carbocycles. The van der Waals surface area contributed by atoms with Crippen LogP contribution in [0.2, 0.25) is 0 Å². The van der Waals surface area contributed by atoms with Crippen LogP contribution in [-0.4, -0.2) is 31.6 Å². The minimum Gasteiger partial charge on any atom is -0.480 e. The van der Waals surface area contributed by atoms with Crippen LogP contribution in [0.1, 0.15) is 46.5 Å². The van der Waals surface area contributed by atoms with E-state index >= 15 is 0 Å². The van der Waals surface area contributed by atoms with E-state index in [0.29, 0.717) is 19.4 Å². The molecule has 0 bridgehead atoms. The Bertz CT molecular complexity index is 421. The topological polar surface area (TPSA) is 95.5 Å². The van der Waals surface area contributed by atoms with Gasteiger partial charge in [0.05, 0.1) is 0 Å². The molecule has 0 aromatic carbocycles. The maximum absolute atomic E-state index is 11.9. The van der Waals surface area contributed by atoms with Crippen molar-refractivity contribution >= 4 is 16.2 Å². The van der Waals surface area contributed by atoms with Crippen molar-refractivity contribution in [1.82, 2.24) is 9.44 Å². The van der Waals surface area contributed by atoms with Gasteiger partial charge in [-0.15, -0.1) is 0 Å². The normalized spacial score (nSPS) is 28.5. The number of carbonyl (C=O) groups is 1. The third kappa shape index (κ3) is 4.74. The molecule has 0 amide bonds. The molecule has 0 heterocycles. The highest BCUT2D eigenvalue weighted by molar-refractivity contribution is 7.87. The van der Waals surface area contributed by atoms with Gasteiger partial charge in [0.2, 0.25) is 0 Å². The molecular weight excluding hydrogens is 268 g/mol. The zero-order chi connectivity index (χ0) is 14.7. The zero-order valence-electron chi connectivity index (χ0n) is 11.8. The van der Waals surface area contributed by atoms with Crippen LogP contribution in [0, 0.1) is 11.8 Å². The van der Waals surface area contributed by atoms with Crippen LogP contribution in [0.25, 0.3) is 0 Å². The molecule has 1 saturated carbocycles. The Morgan fingerprint density at radius 2 is 2.11 bits per heavy atom. The highest BCUT2D eigenvalue weighted by Crippen LogP contribution is 2.33. The fraction of sp³-hybridized carbons (Fsp3) is 0.917. The molecule has 0 aromatic heterocycles. The molecule has 0 aromatic rings. The minimum atomic E-state index is -3.78. The fourth-order valence-corrected chi connectivity index (χ4v) is 3.86. The quantitative estimate of drug-likeness (QED) is 0.683. The molecule has 0 radical (unpaired) electrons. The van der Waals surface area contributed by atoms with Crippen molar-refractivity contribution in [2.75, 3.05) is 6.54 Å². The number of nitrogens with one attached hydrogen (secondary N) is 2. The molecule has 2 unspecified atom stereocenters. The summed E-state index contributed by atoms with van der Waals surface area (Å²) in [5.41, 5.74) is -1.36. The smallest absolute Gasteiger partial charge is 0.324 e. The van der Waals surface area contributed by atoms with Crippen molar-refractivity contribution in [3.63, 3.8) is 0 Å². The van der Waals surface area contributed by atoms with Gasteiger partial charge in [-0.05, 0) is 24.7 Å². The van der Waals surface area contributed by atoms with Gasteiger partial charge in [-0.1, -0.05) is 33.6 Å².